The molecule has 0 saturated carbocycles. The Balaban J connectivity index is 0.000000134. The molecule has 8 nitrogen and oxygen atoms in total. The van der Waals surface area contributed by atoms with E-state index in [0.717, 1.165) is 5.52 Å². The molecule has 2 aromatic rings. The van der Waals surface area contributed by atoms with Gasteiger partial charge in [-0.15, -0.1) is 0 Å². The molecule has 0 radical (unpaired) electrons. The number of nitrogens with zero attached hydrogens (tertiary/aromatic N) is 3. The van der Waals surface area contributed by atoms with Gasteiger partial charge in [0.2, 0.25) is 0 Å². The Bertz CT molecular complexity index is 499. The Kier molecular flexibility index (Phi) is 3.80. The maximum atomic E-state index is 10.2. The number of hydrogen-bond donors (Lipinski definition) is 4. The van der Waals surface area contributed by atoms with E-state index in [1.165, 1.54) is 6.33 Å². The SMILES string of the molecule is O=C(O)[C@@H]1C[C@@H](O)CN1.c1ncc2[nH]cnc2n1. The molecule has 3 rings (SSSR count). The predicted octanol–water partition coefficient (Wildman–Crippen LogP) is -0.853. The number of aliphatic carboxylic acids is 1. The number of aliphatic hydroxyl groups excluding tert-OH is 1. The minimum atomic E-state index is -0.883. The molecular formula is C10H13N5O3. The summed E-state index contributed by atoms with van der Waals surface area (Å²) in [4.78, 5) is 24.7. The second-order valence-corrected chi connectivity index (χ2v) is 3.85. The summed E-state index contributed by atoms with van der Waals surface area (Å²) in [6.45, 7) is 0.400. The number of nitrogens with one attached hydrogen (secondary N) is 2. The third-order valence-corrected chi connectivity index (χ3v) is 2.50. The maximum Gasteiger partial charge on any atom is 0.320 e. The number of hydrogen-bond acceptors (Lipinski definition) is 6. The lowest BCUT2D eigenvalue weighted by Gasteiger charge is -1.99. The minimum absolute atomic E-state index is 0.329. The molecule has 8 heteroatoms. The highest BCUT2D eigenvalue weighted by molar-refractivity contribution is 5.73. The molecule has 3 heterocycles. The van der Waals surface area contributed by atoms with Gasteiger partial charge in [0.1, 0.15) is 17.9 Å². The van der Waals surface area contributed by atoms with Crippen LogP contribution >= 0.6 is 0 Å². The van der Waals surface area contributed by atoms with Gasteiger partial charge in [-0.25, -0.2) is 15.0 Å². The van der Waals surface area contributed by atoms with E-state index >= 15 is 0 Å². The Morgan fingerprint density at radius 2 is 2.28 bits per heavy atom. The van der Waals surface area contributed by atoms with Gasteiger partial charge in [-0.05, 0) is 0 Å². The second kappa shape index (κ2) is 5.52. The average molecular weight is 251 g/mol. The largest absolute Gasteiger partial charge is 0.480 e. The predicted molar refractivity (Wildman–Crippen MR) is 61.7 cm³/mol. The fraction of sp³-hybridized carbons (Fsp3) is 0.400. The molecule has 0 amide bonds. The molecule has 0 aromatic carbocycles. The van der Waals surface area contributed by atoms with Gasteiger partial charge in [0.25, 0.3) is 0 Å². The number of carboxylic acid groups (broad SMARTS) is 1. The van der Waals surface area contributed by atoms with Crippen molar-refractivity contribution in [2.75, 3.05) is 6.54 Å². The minimum Gasteiger partial charge on any atom is -0.480 e. The highest BCUT2D eigenvalue weighted by Crippen LogP contribution is 2.05. The van der Waals surface area contributed by atoms with Crippen LogP contribution in [0.4, 0.5) is 0 Å². The summed E-state index contributed by atoms with van der Waals surface area (Å²) in [5, 5.41) is 19.8. The van der Waals surface area contributed by atoms with Crippen LogP contribution in [-0.2, 0) is 4.79 Å². The zero-order valence-corrected chi connectivity index (χ0v) is 9.45. The molecule has 96 valence electrons. The lowest BCUT2D eigenvalue weighted by Crippen LogP contribution is -2.29. The first kappa shape index (κ1) is 12.4. The molecule has 1 aliphatic rings. The number of rotatable bonds is 1. The number of β-amino-alcohol motifs (C(OH)–C–C–N with tert-alkyl or cyclic N) is 1. The molecule has 1 saturated heterocycles. The van der Waals surface area contributed by atoms with Gasteiger partial charge in [0.05, 0.1) is 18.6 Å². The van der Waals surface area contributed by atoms with E-state index in [9.17, 15) is 4.79 Å². The van der Waals surface area contributed by atoms with Crippen LogP contribution in [-0.4, -0.2) is 54.8 Å². The second-order valence-electron chi connectivity index (χ2n) is 3.85. The molecule has 1 fully saturated rings. The van der Waals surface area contributed by atoms with E-state index in [0.29, 0.717) is 18.6 Å². The molecule has 2 aromatic heterocycles. The van der Waals surface area contributed by atoms with Crippen molar-refractivity contribution < 1.29 is 15.0 Å². The molecule has 18 heavy (non-hydrogen) atoms. The summed E-state index contributed by atoms with van der Waals surface area (Å²) in [5.41, 5.74) is 1.59. The lowest BCUT2D eigenvalue weighted by atomic mass is 10.2. The van der Waals surface area contributed by atoms with E-state index in [4.69, 9.17) is 10.2 Å². The fourth-order valence-corrected chi connectivity index (χ4v) is 1.60. The van der Waals surface area contributed by atoms with Gasteiger partial charge in [0, 0.05) is 13.0 Å². The summed E-state index contributed by atoms with van der Waals surface area (Å²) in [6.07, 6.45) is 4.61. The number of imidazole rings is 1. The van der Waals surface area contributed by atoms with Gasteiger partial charge in [-0.2, -0.15) is 0 Å². The highest BCUT2D eigenvalue weighted by Gasteiger charge is 2.27. The van der Waals surface area contributed by atoms with Crippen molar-refractivity contribution in [1.29, 1.82) is 0 Å². The quantitative estimate of drug-likeness (QED) is 0.520. The number of aromatic amines is 1. The van der Waals surface area contributed by atoms with E-state index in [1.54, 1.807) is 12.5 Å². The number of aromatic nitrogens is 4. The van der Waals surface area contributed by atoms with Gasteiger partial charge < -0.3 is 20.5 Å². The average Bonchev–Trinajstić information content (AvgIpc) is 2.97. The van der Waals surface area contributed by atoms with Crippen LogP contribution in [0.25, 0.3) is 11.2 Å². The van der Waals surface area contributed by atoms with Crippen LogP contribution in [0.15, 0.2) is 18.9 Å². The van der Waals surface area contributed by atoms with Gasteiger partial charge in [0.15, 0.2) is 5.65 Å². The molecule has 0 unspecified atom stereocenters. The smallest absolute Gasteiger partial charge is 0.320 e. The Morgan fingerprint density at radius 3 is 2.83 bits per heavy atom. The first-order valence-electron chi connectivity index (χ1n) is 5.40. The lowest BCUT2D eigenvalue weighted by molar-refractivity contribution is -0.139. The van der Waals surface area contributed by atoms with Crippen LogP contribution in [0.2, 0.25) is 0 Å². The standard InChI is InChI=1S/C5H4N4.C5H9NO3/c1-4-5(8-2-6-1)9-3-7-4;7-3-1-4(5(8)9)6-2-3/h1-3H,(H,6,7,8,9);3-4,6-7H,1-2H2,(H,8,9)/t;3-,4+/m.1/s1. The monoisotopic (exact) mass is 251 g/mol. The zero-order valence-electron chi connectivity index (χ0n) is 9.45. The Morgan fingerprint density at radius 1 is 1.44 bits per heavy atom. The summed E-state index contributed by atoms with van der Waals surface area (Å²) >= 11 is 0. The molecule has 0 aliphatic carbocycles. The molecule has 0 bridgehead atoms. The van der Waals surface area contributed by atoms with Crippen molar-refractivity contribution in [2.45, 2.75) is 18.6 Å². The van der Waals surface area contributed by atoms with Gasteiger partial charge >= 0.3 is 5.97 Å². The first-order valence-corrected chi connectivity index (χ1v) is 5.40. The Labute approximate surface area is 102 Å². The van der Waals surface area contributed by atoms with Gasteiger partial charge in [-0.1, -0.05) is 0 Å². The van der Waals surface area contributed by atoms with E-state index in [-0.39, 0.29) is 0 Å². The number of aliphatic hydroxyl groups is 1. The first-order chi connectivity index (χ1) is 8.66. The zero-order chi connectivity index (χ0) is 13.0. The Hall–Kier alpha value is -2.06. The van der Waals surface area contributed by atoms with E-state index in [2.05, 4.69) is 25.3 Å². The van der Waals surface area contributed by atoms with Gasteiger partial charge in [-0.3, -0.25) is 4.79 Å². The van der Waals surface area contributed by atoms with Crippen molar-refractivity contribution in [1.82, 2.24) is 25.3 Å². The summed E-state index contributed by atoms with van der Waals surface area (Å²) < 4.78 is 0. The topological polar surface area (TPSA) is 124 Å². The normalized spacial score (nSPS) is 22.5. The van der Waals surface area contributed by atoms with Crippen LogP contribution in [0.3, 0.4) is 0 Å². The van der Waals surface area contributed by atoms with E-state index in [1.807, 2.05) is 0 Å². The molecule has 2 atom stereocenters. The van der Waals surface area contributed by atoms with Crippen molar-refractivity contribution >= 4 is 17.1 Å². The summed E-state index contributed by atoms with van der Waals surface area (Å²) in [6, 6.07) is -0.542. The van der Waals surface area contributed by atoms with Crippen LogP contribution in [0, 0.1) is 0 Å². The molecular weight excluding hydrogens is 238 g/mol. The molecule has 0 spiro atoms. The fourth-order valence-electron chi connectivity index (χ4n) is 1.60. The number of H-pyrrole nitrogens is 1. The summed E-state index contributed by atoms with van der Waals surface area (Å²) in [5.74, 6) is -0.883. The number of fused-ring (bicyclic) bond motifs is 1. The van der Waals surface area contributed by atoms with Crippen molar-refractivity contribution in [2.24, 2.45) is 0 Å². The molecule has 1 aliphatic heterocycles. The molecule has 4 N–H and O–H groups in total. The van der Waals surface area contributed by atoms with Crippen molar-refractivity contribution in [3.05, 3.63) is 18.9 Å². The highest BCUT2D eigenvalue weighted by atomic mass is 16.4. The third kappa shape index (κ3) is 2.99. The van der Waals surface area contributed by atoms with Crippen molar-refractivity contribution in [3.63, 3.8) is 0 Å². The van der Waals surface area contributed by atoms with Crippen LogP contribution < -0.4 is 5.32 Å². The number of carboxylic acids is 1. The third-order valence-electron chi connectivity index (χ3n) is 2.50. The van der Waals surface area contributed by atoms with Crippen LogP contribution in [0.5, 0.6) is 0 Å². The van der Waals surface area contributed by atoms with Crippen LogP contribution in [0.1, 0.15) is 6.42 Å². The van der Waals surface area contributed by atoms with Crippen molar-refractivity contribution in [3.8, 4) is 0 Å². The van der Waals surface area contributed by atoms with E-state index < -0.39 is 18.1 Å². The number of carbonyl (C=O) groups is 1. The maximum absolute atomic E-state index is 10.2. The summed E-state index contributed by atoms with van der Waals surface area (Å²) in [7, 11) is 0.